The van der Waals surface area contributed by atoms with Crippen LogP contribution < -0.4 is 9.62 Å². The zero-order valence-corrected chi connectivity index (χ0v) is 19.9. The molecule has 1 aromatic heterocycles. The number of carbonyl (C=O) groups is 1. The lowest BCUT2D eigenvalue weighted by Gasteiger charge is -2.37. The molecular weight excluding hydrogens is 498 g/mol. The Morgan fingerprint density at radius 2 is 1.52 bits per heavy atom. The standard InChI is InChI=1S/C22H22BrN3O3S2/c23-19-11-12-20(30-19)31(28,29)24-21(17-7-3-1-4-8-17)22(27)26-15-13-25(14-16-26)18-9-5-2-6-10-18/h1-12,21,24H,13-16H2. The summed E-state index contributed by atoms with van der Waals surface area (Å²) in [4.78, 5) is 17.4. The largest absolute Gasteiger partial charge is 0.368 e. The minimum Gasteiger partial charge on any atom is -0.368 e. The molecule has 1 fully saturated rings. The number of rotatable bonds is 6. The van der Waals surface area contributed by atoms with E-state index in [9.17, 15) is 13.2 Å². The Bertz CT molecular complexity index is 1130. The van der Waals surface area contributed by atoms with Crippen molar-refractivity contribution in [1.82, 2.24) is 9.62 Å². The van der Waals surface area contributed by atoms with Crippen molar-refractivity contribution >= 4 is 48.9 Å². The van der Waals surface area contributed by atoms with Gasteiger partial charge in [0.1, 0.15) is 10.3 Å². The monoisotopic (exact) mass is 519 g/mol. The van der Waals surface area contributed by atoms with E-state index in [0.717, 1.165) is 17.0 Å². The van der Waals surface area contributed by atoms with Crippen molar-refractivity contribution in [2.24, 2.45) is 0 Å². The van der Waals surface area contributed by atoms with Gasteiger partial charge in [0.05, 0.1) is 3.79 Å². The van der Waals surface area contributed by atoms with E-state index in [1.54, 1.807) is 35.2 Å². The predicted octanol–water partition coefficient (Wildman–Crippen LogP) is 3.88. The summed E-state index contributed by atoms with van der Waals surface area (Å²) in [6, 6.07) is 21.3. The van der Waals surface area contributed by atoms with Crippen LogP contribution in [0.3, 0.4) is 0 Å². The second-order valence-electron chi connectivity index (χ2n) is 7.17. The fraction of sp³-hybridized carbons (Fsp3) is 0.227. The Balaban J connectivity index is 1.53. The molecule has 3 aromatic rings. The second kappa shape index (κ2) is 9.52. The van der Waals surface area contributed by atoms with Crippen LogP contribution in [0.15, 0.2) is 80.8 Å². The molecule has 1 aliphatic heterocycles. The number of anilines is 1. The Hall–Kier alpha value is -2.20. The van der Waals surface area contributed by atoms with Gasteiger partial charge in [0.25, 0.3) is 10.0 Å². The lowest BCUT2D eigenvalue weighted by atomic mass is 10.1. The number of sulfonamides is 1. The first kappa shape index (κ1) is 22.0. The SMILES string of the molecule is O=C(C(NS(=O)(=O)c1ccc(Br)s1)c1ccccc1)N1CCN(c2ccccc2)CC1. The molecule has 1 amide bonds. The minimum absolute atomic E-state index is 0.169. The van der Waals surface area contributed by atoms with Crippen molar-refractivity contribution in [2.45, 2.75) is 10.3 Å². The van der Waals surface area contributed by atoms with Gasteiger partial charge in [-0.05, 0) is 45.8 Å². The maximum atomic E-state index is 13.4. The van der Waals surface area contributed by atoms with E-state index in [-0.39, 0.29) is 10.1 Å². The van der Waals surface area contributed by atoms with Gasteiger partial charge >= 0.3 is 0 Å². The van der Waals surface area contributed by atoms with Crippen molar-refractivity contribution in [3.05, 3.63) is 82.1 Å². The van der Waals surface area contributed by atoms with Gasteiger partial charge in [-0.1, -0.05) is 48.5 Å². The molecule has 1 aliphatic rings. The minimum atomic E-state index is -3.84. The van der Waals surface area contributed by atoms with Crippen LogP contribution in [0.25, 0.3) is 0 Å². The van der Waals surface area contributed by atoms with E-state index in [1.807, 2.05) is 24.3 Å². The fourth-order valence-electron chi connectivity index (χ4n) is 3.57. The summed E-state index contributed by atoms with van der Waals surface area (Å²) in [7, 11) is -3.84. The van der Waals surface area contributed by atoms with Crippen LogP contribution in [-0.4, -0.2) is 45.4 Å². The van der Waals surface area contributed by atoms with Crippen molar-refractivity contribution in [3.8, 4) is 0 Å². The first-order valence-electron chi connectivity index (χ1n) is 9.85. The summed E-state index contributed by atoms with van der Waals surface area (Å²) >= 11 is 4.41. The summed E-state index contributed by atoms with van der Waals surface area (Å²) < 4.78 is 29.4. The number of thiophene rings is 1. The van der Waals surface area contributed by atoms with Crippen molar-refractivity contribution in [3.63, 3.8) is 0 Å². The highest BCUT2D eigenvalue weighted by Crippen LogP contribution is 2.28. The number of halogens is 1. The van der Waals surface area contributed by atoms with E-state index in [1.165, 1.54) is 6.07 Å². The highest BCUT2D eigenvalue weighted by Gasteiger charge is 2.32. The first-order chi connectivity index (χ1) is 14.9. The van der Waals surface area contributed by atoms with Gasteiger partial charge in [0, 0.05) is 31.9 Å². The molecule has 4 rings (SSSR count). The maximum Gasteiger partial charge on any atom is 0.251 e. The number of nitrogens with zero attached hydrogens (tertiary/aromatic N) is 2. The molecule has 1 saturated heterocycles. The van der Waals surface area contributed by atoms with E-state index in [4.69, 9.17) is 0 Å². The van der Waals surface area contributed by atoms with E-state index in [2.05, 4.69) is 37.7 Å². The van der Waals surface area contributed by atoms with Gasteiger partial charge in [-0.15, -0.1) is 11.3 Å². The molecule has 31 heavy (non-hydrogen) atoms. The van der Waals surface area contributed by atoms with Gasteiger partial charge in [0.15, 0.2) is 0 Å². The number of para-hydroxylation sites is 1. The lowest BCUT2D eigenvalue weighted by Crippen LogP contribution is -2.52. The van der Waals surface area contributed by atoms with E-state index >= 15 is 0 Å². The molecule has 1 atom stereocenters. The Morgan fingerprint density at radius 3 is 2.10 bits per heavy atom. The van der Waals surface area contributed by atoms with Crippen LogP contribution in [0.1, 0.15) is 11.6 Å². The average molecular weight is 520 g/mol. The molecule has 0 spiro atoms. The van der Waals surface area contributed by atoms with Crippen LogP contribution in [0.5, 0.6) is 0 Å². The average Bonchev–Trinajstić information content (AvgIpc) is 3.26. The predicted molar refractivity (Wildman–Crippen MR) is 127 cm³/mol. The number of hydrogen-bond acceptors (Lipinski definition) is 5. The highest BCUT2D eigenvalue weighted by molar-refractivity contribution is 9.11. The maximum absolute atomic E-state index is 13.4. The topological polar surface area (TPSA) is 69.7 Å². The molecule has 162 valence electrons. The molecule has 2 aromatic carbocycles. The fourth-order valence-corrected chi connectivity index (χ4v) is 6.77. The Morgan fingerprint density at radius 1 is 0.903 bits per heavy atom. The first-order valence-corrected chi connectivity index (χ1v) is 12.9. The third kappa shape index (κ3) is 5.17. The van der Waals surface area contributed by atoms with Gasteiger partial charge < -0.3 is 9.80 Å². The lowest BCUT2D eigenvalue weighted by molar-refractivity contribution is -0.133. The molecule has 9 heteroatoms. The summed E-state index contributed by atoms with van der Waals surface area (Å²) in [5, 5.41) is 0. The van der Waals surface area contributed by atoms with Crippen LogP contribution in [0.2, 0.25) is 0 Å². The number of nitrogens with one attached hydrogen (secondary N) is 1. The summed E-state index contributed by atoms with van der Waals surface area (Å²) in [5.41, 5.74) is 1.75. The summed E-state index contributed by atoms with van der Waals surface area (Å²) in [5.74, 6) is -0.238. The van der Waals surface area contributed by atoms with Crippen molar-refractivity contribution < 1.29 is 13.2 Å². The van der Waals surface area contributed by atoms with Gasteiger partial charge in [-0.25, -0.2) is 8.42 Å². The number of amides is 1. The Labute approximate surface area is 194 Å². The smallest absolute Gasteiger partial charge is 0.251 e. The number of hydrogen-bond donors (Lipinski definition) is 1. The van der Waals surface area contributed by atoms with Gasteiger partial charge in [0.2, 0.25) is 5.91 Å². The molecule has 6 nitrogen and oxygen atoms in total. The molecule has 0 bridgehead atoms. The molecule has 0 aliphatic carbocycles. The zero-order chi connectivity index (χ0) is 21.8. The third-order valence-corrected chi connectivity index (χ3v) is 8.72. The van der Waals surface area contributed by atoms with Crippen molar-refractivity contribution in [2.75, 3.05) is 31.1 Å². The summed E-state index contributed by atoms with van der Waals surface area (Å²) in [6.45, 7) is 2.45. The molecule has 1 N–H and O–H groups in total. The zero-order valence-electron chi connectivity index (χ0n) is 16.6. The highest BCUT2D eigenvalue weighted by atomic mass is 79.9. The normalized spacial score (nSPS) is 15.6. The molecular formula is C22H22BrN3O3S2. The van der Waals surface area contributed by atoms with Crippen LogP contribution >= 0.6 is 27.3 Å². The van der Waals surface area contributed by atoms with E-state index < -0.39 is 16.1 Å². The quantitative estimate of drug-likeness (QED) is 0.536. The molecule has 0 radical (unpaired) electrons. The van der Waals surface area contributed by atoms with Crippen LogP contribution in [-0.2, 0) is 14.8 Å². The van der Waals surface area contributed by atoms with Gasteiger partial charge in [-0.3, -0.25) is 4.79 Å². The number of piperazine rings is 1. The van der Waals surface area contributed by atoms with Crippen LogP contribution in [0, 0.1) is 0 Å². The molecule has 2 heterocycles. The third-order valence-electron chi connectivity index (χ3n) is 5.18. The van der Waals surface area contributed by atoms with Gasteiger partial charge in [-0.2, -0.15) is 4.72 Å². The second-order valence-corrected chi connectivity index (χ2v) is 11.6. The summed E-state index contributed by atoms with van der Waals surface area (Å²) in [6.07, 6.45) is 0. The molecule has 1 unspecified atom stereocenters. The van der Waals surface area contributed by atoms with E-state index in [0.29, 0.717) is 35.5 Å². The van der Waals surface area contributed by atoms with Crippen LogP contribution in [0.4, 0.5) is 5.69 Å². The van der Waals surface area contributed by atoms with Crippen molar-refractivity contribution in [1.29, 1.82) is 0 Å². The Kier molecular flexibility index (Phi) is 6.76. The number of benzene rings is 2. The number of carbonyl (C=O) groups excluding carboxylic acids is 1. The molecule has 0 saturated carbocycles.